The Morgan fingerprint density at radius 1 is 0.879 bits per heavy atom. The van der Waals surface area contributed by atoms with Gasteiger partial charge in [0.2, 0.25) is 0 Å². The maximum absolute atomic E-state index is 13.8. The summed E-state index contributed by atoms with van der Waals surface area (Å²) >= 11 is 0. The number of para-hydroxylation sites is 2. The molecule has 2 aromatic carbocycles. The number of aromatic nitrogens is 1. The summed E-state index contributed by atoms with van der Waals surface area (Å²) in [6, 6.07) is 20.5. The fourth-order valence-electron chi connectivity index (χ4n) is 4.06. The van der Waals surface area contributed by atoms with E-state index in [1.807, 2.05) is 67.3 Å². The zero-order valence-corrected chi connectivity index (χ0v) is 18.9. The summed E-state index contributed by atoms with van der Waals surface area (Å²) in [6.45, 7) is 5.51. The molecule has 2 heterocycles. The molecule has 0 fully saturated rings. The minimum atomic E-state index is -0.337. The molecule has 33 heavy (non-hydrogen) atoms. The summed E-state index contributed by atoms with van der Waals surface area (Å²) < 4.78 is 5.73. The third kappa shape index (κ3) is 4.51. The van der Waals surface area contributed by atoms with Crippen molar-refractivity contribution in [2.24, 2.45) is 0 Å². The first kappa shape index (κ1) is 22.3. The highest BCUT2D eigenvalue weighted by molar-refractivity contribution is 6.45. The van der Waals surface area contributed by atoms with Gasteiger partial charge in [-0.3, -0.25) is 14.6 Å². The zero-order valence-electron chi connectivity index (χ0n) is 18.9. The second-order valence-electron chi connectivity index (χ2n) is 7.62. The second-order valence-corrected chi connectivity index (χ2v) is 7.62. The highest BCUT2D eigenvalue weighted by Gasteiger charge is 2.43. The van der Waals surface area contributed by atoms with E-state index < -0.39 is 0 Å². The molecule has 0 aliphatic carbocycles. The number of hydrogen-bond acceptors (Lipinski definition) is 5. The number of carbonyl (C=O) groups excluding carboxylic acids is 2. The molecular formula is C27H27N3O3. The molecule has 0 radical (unpaired) electrons. The molecule has 0 bridgehead atoms. The van der Waals surface area contributed by atoms with Crippen LogP contribution in [-0.4, -0.2) is 41.4 Å². The minimum absolute atomic E-state index is 0.331. The molecule has 0 N–H and O–H groups in total. The van der Waals surface area contributed by atoms with Gasteiger partial charge in [-0.15, -0.1) is 0 Å². The highest BCUT2D eigenvalue weighted by Crippen LogP contribution is 2.38. The molecule has 0 spiro atoms. The topological polar surface area (TPSA) is 62.7 Å². The molecule has 6 nitrogen and oxygen atoms in total. The van der Waals surface area contributed by atoms with Crippen LogP contribution in [0.25, 0.3) is 5.57 Å². The summed E-state index contributed by atoms with van der Waals surface area (Å²) in [4.78, 5) is 34.9. The van der Waals surface area contributed by atoms with E-state index in [1.54, 1.807) is 30.6 Å². The van der Waals surface area contributed by atoms with Gasteiger partial charge in [0.1, 0.15) is 11.4 Å². The van der Waals surface area contributed by atoms with Gasteiger partial charge in [-0.2, -0.15) is 0 Å². The number of carbonyl (C=O) groups is 2. The van der Waals surface area contributed by atoms with Crippen molar-refractivity contribution in [1.82, 2.24) is 9.88 Å². The Kier molecular flexibility index (Phi) is 6.83. The molecule has 2 amide bonds. The Hall–Kier alpha value is -3.93. The Balaban J connectivity index is 1.76. The van der Waals surface area contributed by atoms with Crippen LogP contribution in [0.3, 0.4) is 0 Å². The van der Waals surface area contributed by atoms with Crippen LogP contribution >= 0.6 is 0 Å². The SMILES string of the molecule is CCOc1ccccc1N1C(=O)C(c2ccccc2)=C(N(CC)CCc2ccncc2)C1=O. The molecule has 168 valence electrons. The van der Waals surface area contributed by atoms with Crippen molar-refractivity contribution in [2.75, 3.05) is 24.6 Å². The van der Waals surface area contributed by atoms with Crippen LogP contribution in [-0.2, 0) is 16.0 Å². The quantitative estimate of drug-likeness (QED) is 0.463. The molecule has 0 atom stereocenters. The standard InChI is InChI=1S/C27H27N3O3/c1-3-29(19-16-20-14-17-28-18-15-20)25-24(21-10-6-5-7-11-21)26(31)30(27(25)32)22-12-8-9-13-23(22)33-4-2/h5-15,17-18H,3-4,16,19H2,1-2H3. The number of ether oxygens (including phenoxy) is 1. The number of imide groups is 1. The third-order valence-corrected chi connectivity index (χ3v) is 5.65. The first-order valence-electron chi connectivity index (χ1n) is 11.2. The summed E-state index contributed by atoms with van der Waals surface area (Å²) in [5.74, 6) is -0.159. The lowest BCUT2D eigenvalue weighted by atomic mass is 10.0. The molecule has 6 heteroatoms. The predicted molar refractivity (Wildman–Crippen MR) is 129 cm³/mol. The van der Waals surface area contributed by atoms with Gasteiger partial charge in [0.15, 0.2) is 0 Å². The van der Waals surface area contributed by atoms with Crippen LogP contribution in [0.4, 0.5) is 5.69 Å². The predicted octanol–water partition coefficient (Wildman–Crippen LogP) is 4.33. The number of anilines is 1. The number of likely N-dealkylation sites (N-methyl/N-ethyl adjacent to an activating group) is 1. The van der Waals surface area contributed by atoms with Gasteiger partial charge in [-0.05, 0) is 55.7 Å². The van der Waals surface area contributed by atoms with E-state index in [1.165, 1.54) is 4.90 Å². The van der Waals surface area contributed by atoms with Gasteiger partial charge in [-0.25, -0.2) is 4.90 Å². The maximum atomic E-state index is 13.8. The van der Waals surface area contributed by atoms with Crippen LogP contribution in [0.2, 0.25) is 0 Å². The highest BCUT2D eigenvalue weighted by atomic mass is 16.5. The summed E-state index contributed by atoms with van der Waals surface area (Å²) in [5.41, 5.74) is 3.16. The van der Waals surface area contributed by atoms with Gasteiger partial charge in [0, 0.05) is 25.5 Å². The van der Waals surface area contributed by atoms with Crippen LogP contribution < -0.4 is 9.64 Å². The van der Waals surface area contributed by atoms with E-state index in [-0.39, 0.29) is 11.8 Å². The van der Waals surface area contributed by atoms with Gasteiger partial charge < -0.3 is 9.64 Å². The number of hydrogen-bond donors (Lipinski definition) is 0. The third-order valence-electron chi connectivity index (χ3n) is 5.65. The van der Waals surface area contributed by atoms with Gasteiger partial charge in [0.05, 0.1) is 17.9 Å². The molecule has 1 aliphatic heterocycles. The fourth-order valence-corrected chi connectivity index (χ4v) is 4.06. The Labute approximate surface area is 194 Å². The summed E-state index contributed by atoms with van der Waals surface area (Å²) in [5, 5.41) is 0. The average molecular weight is 442 g/mol. The van der Waals surface area contributed by atoms with E-state index in [2.05, 4.69) is 4.98 Å². The average Bonchev–Trinajstić information content (AvgIpc) is 3.11. The first-order valence-corrected chi connectivity index (χ1v) is 11.2. The van der Waals surface area contributed by atoms with E-state index in [0.29, 0.717) is 42.4 Å². The van der Waals surface area contributed by atoms with Gasteiger partial charge in [0.25, 0.3) is 11.8 Å². The molecule has 1 aromatic heterocycles. The van der Waals surface area contributed by atoms with Crippen LogP contribution in [0, 0.1) is 0 Å². The summed E-state index contributed by atoms with van der Waals surface area (Å²) in [6.07, 6.45) is 4.26. The smallest absolute Gasteiger partial charge is 0.282 e. The molecule has 0 saturated carbocycles. The fraction of sp³-hybridized carbons (Fsp3) is 0.222. The van der Waals surface area contributed by atoms with Crippen molar-refractivity contribution >= 4 is 23.1 Å². The second kappa shape index (κ2) is 10.1. The van der Waals surface area contributed by atoms with E-state index in [0.717, 1.165) is 17.5 Å². The number of amides is 2. The molecule has 3 aromatic rings. The Bertz CT molecular complexity index is 1160. The summed E-state index contributed by atoms with van der Waals surface area (Å²) in [7, 11) is 0. The van der Waals surface area contributed by atoms with Crippen LogP contribution in [0.15, 0.2) is 84.8 Å². The molecule has 4 rings (SSSR count). The van der Waals surface area contributed by atoms with E-state index >= 15 is 0 Å². The molecular weight excluding hydrogens is 414 g/mol. The Morgan fingerprint density at radius 2 is 1.58 bits per heavy atom. The lowest BCUT2D eigenvalue weighted by Crippen LogP contribution is -2.36. The van der Waals surface area contributed by atoms with Crippen molar-refractivity contribution in [3.8, 4) is 5.75 Å². The van der Waals surface area contributed by atoms with Crippen molar-refractivity contribution in [3.63, 3.8) is 0 Å². The van der Waals surface area contributed by atoms with E-state index in [9.17, 15) is 9.59 Å². The largest absolute Gasteiger partial charge is 0.492 e. The minimum Gasteiger partial charge on any atom is -0.492 e. The molecule has 0 saturated heterocycles. The lowest BCUT2D eigenvalue weighted by molar-refractivity contribution is -0.120. The van der Waals surface area contributed by atoms with Gasteiger partial charge in [-0.1, -0.05) is 42.5 Å². The first-order chi connectivity index (χ1) is 16.2. The van der Waals surface area contributed by atoms with Crippen molar-refractivity contribution in [2.45, 2.75) is 20.3 Å². The zero-order chi connectivity index (χ0) is 23.2. The number of rotatable bonds is 9. The van der Waals surface area contributed by atoms with Crippen LogP contribution in [0.1, 0.15) is 25.0 Å². The normalized spacial score (nSPS) is 13.6. The van der Waals surface area contributed by atoms with Crippen molar-refractivity contribution in [1.29, 1.82) is 0 Å². The number of pyridine rings is 1. The molecule has 0 unspecified atom stereocenters. The molecule has 1 aliphatic rings. The van der Waals surface area contributed by atoms with Crippen molar-refractivity contribution in [3.05, 3.63) is 95.9 Å². The van der Waals surface area contributed by atoms with Crippen LogP contribution in [0.5, 0.6) is 5.75 Å². The Morgan fingerprint density at radius 3 is 2.27 bits per heavy atom. The maximum Gasteiger partial charge on any atom is 0.282 e. The number of nitrogens with zero attached hydrogens (tertiary/aromatic N) is 3. The van der Waals surface area contributed by atoms with Gasteiger partial charge >= 0.3 is 0 Å². The van der Waals surface area contributed by atoms with Crippen molar-refractivity contribution < 1.29 is 14.3 Å². The number of benzene rings is 2. The lowest BCUT2D eigenvalue weighted by Gasteiger charge is -2.25. The monoisotopic (exact) mass is 441 g/mol. The van der Waals surface area contributed by atoms with E-state index in [4.69, 9.17) is 4.74 Å².